The van der Waals surface area contributed by atoms with Crippen LogP contribution in [-0.2, 0) is 17.8 Å². The SMILES string of the molecule is CCCn1ncnc1CC(=O)C1CN(C)CCN1C. The summed E-state index contributed by atoms with van der Waals surface area (Å²) in [7, 11) is 4.08. The number of rotatable bonds is 5. The first-order valence-corrected chi connectivity index (χ1v) is 6.90. The molecule has 1 aliphatic rings. The minimum Gasteiger partial charge on any atom is -0.303 e. The summed E-state index contributed by atoms with van der Waals surface area (Å²) in [4.78, 5) is 21.0. The predicted molar refractivity (Wildman–Crippen MR) is 72.9 cm³/mol. The predicted octanol–water partition coefficient (Wildman–Crippen LogP) is 0.0455. The molecule has 1 aliphatic heterocycles. The summed E-state index contributed by atoms with van der Waals surface area (Å²) >= 11 is 0. The molecule has 2 rings (SSSR count). The van der Waals surface area contributed by atoms with Crippen LogP contribution in [0, 0.1) is 0 Å². The fourth-order valence-corrected chi connectivity index (χ4v) is 2.46. The summed E-state index contributed by atoms with van der Waals surface area (Å²) < 4.78 is 1.84. The average Bonchev–Trinajstić information content (AvgIpc) is 2.80. The Bertz CT molecular complexity index is 430. The number of ketones is 1. The Labute approximate surface area is 114 Å². The van der Waals surface area contributed by atoms with Crippen molar-refractivity contribution < 1.29 is 4.79 Å². The van der Waals surface area contributed by atoms with E-state index in [9.17, 15) is 4.79 Å². The number of piperazine rings is 1. The molecule has 1 unspecified atom stereocenters. The Balaban J connectivity index is 2.01. The Hall–Kier alpha value is -1.27. The van der Waals surface area contributed by atoms with Gasteiger partial charge in [0, 0.05) is 26.2 Å². The quantitative estimate of drug-likeness (QED) is 0.753. The molecule has 6 heteroatoms. The molecule has 0 aromatic carbocycles. The van der Waals surface area contributed by atoms with Crippen molar-refractivity contribution in [3.05, 3.63) is 12.2 Å². The van der Waals surface area contributed by atoms with Crippen molar-refractivity contribution in [3.63, 3.8) is 0 Å². The number of hydrogen-bond donors (Lipinski definition) is 0. The molecule has 0 amide bonds. The van der Waals surface area contributed by atoms with Crippen LogP contribution in [0.4, 0.5) is 0 Å². The normalized spacial score (nSPS) is 21.7. The van der Waals surface area contributed by atoms with E-state index in [0.717, 1.165) is 38.4 Å². The molecule has 1 saturated heterocycles. The number of Topliss-reactive ketones (excluding diaryl/α,β-unsaturated/α-hetero) is 1. The molecule has 1 fully saturated rings. The van der Waals surface area contributed by atoms with E-state index in [1.165, 1.54) is 6.33 Å². The number of carbonyl (C=O) groups is 1. The van der Waals surface area contributed by atoms with Crippen LogP contribution >= 0.6 is 0 Å². The van der Waals surface area contributed by atoms with Gasteiger partial charge < -0.3 is 4.90 Å². The van der Waals surface area contributed by atoms with Gasteiger partial charge in [-0.15, -0.1) is 0 Å². The summed E-state index contributed by atoms with van der Waals surface area (Å²) in [6.45, 7) is 5.68. The number of hydrogen-bond acceptors (Lipinski definition) is 5. The standard InChI is InChI=1S/C13H23N5O/c1-4-5-18-13(14-10-15-18)8-12(19)11-9-16(2)6-7-17(11)3/h10-11H,4-9H2,1-3H3. The van der Waals surface area contributed by atoms with Crippen LogP contribution in [0.3, 0.4) is 0 Å². The van der Waals surface area contributed by atoms with Gasteiger partial charge in [-0.1, -0.05) is 6.92 Å². The van der Waals surface area contributed by atoms with Gasteiger partial charge >= 0.3 is 0 Å². The molecule has 0 bridgehead atoms. The first-order chi connectivity index (χ1) is 9.11. The third kappa shape index (κ3) is 3.39. The van der Waals surface area contributed by atoms with Gasteiger partial charge in [0.05, 0.1) is 12.5 Å². The fourth-order valence-electron chi connectivity index (χ4n) is 2.46. The van der Waals surface area contributed by atoms with E-state index in [0.29, 0.717) is 6.42 Å². The molecule has 0 radical (unpaired) electrons. The van der Waals surface area contributed by atoms with E-state index >= 15 is 0 Å². The van der Waals surface area contributed by atoms with Crippen LogP contribution in [0.2, 0.25) is 0 Å². The lowest BCUT2D eigenvalue weighted by Gasteiger charge is -2.36. The average molecular weight is 265 g/mol. The summed E-state index contributed by atoms with van der Waals surface area (Å²) in [6.07, 6.45) is 2.91. The Morgan fingerprint density at radius 3 is 2.95 bits per heavy atom. The highest BCUT2D eigenvalue weighted by molar-refractivity contribution is 5.85. The minimum atomic E-state index is -0.0227. The highest BCUT2D eigenvalue weighted by Gasteiger charge is 2.29. The van der Waals surface area contributed by atoms with Crippen molar-refractivity contribution in [2.75, 3.05) is 33.7 Å². The van der Waals surface area contributed by atoms with E-state index in [2.05, 4.69) is 33.9 Å². The Morgan fingerprint density at radius 2 is 2.21 bits per heavy atom. The van der Waals surface area contributed by atoms with Crippen LogP contribution in [0.15, 0.2) is 6.33 Å². The van der Waals surface area contributed by atoms with E-state index in [4.69, 9.17) is 0 Å². The Morgan fingerprint density at radius 1 is 1.42 bits per heavy atom. The number of carbonyl (C=O) groups excluding carboxylic acids is 1. The van der Waals surface area contributed by atoms with Gasteiger partial charge in [0.2, 0.25) is 0 Å². The third-order valence-corrected chi connectivity index (χ3v) is 3.69. The largest absolute Gasteiger partial charge is 0.303 e. The van der Waals surface area contributed by atoms with E-state index in [1.54, 1.807) is 0 Å². The maximum Gasteiger partial charge on any atom is 0.158 e. The number of likely N-dealkylation sites (N-methyl/N-ethyl adjacent to an activating group) is 2. The van der Waals surface area contributed by atoms with Gasteiger partial charge in [0.15, 0.2) is 5.78 Å². The molecule has 1 aromatic rings. The van der Waals surface area contributed by atoms with Gasteiger partial charge in [-0.2, -0.15) is 5.10 Å². The van der Waals surface area contributed by atoms with Gasteiger partial charge in [0.25, 0.3) is 0 Å². The van der Waals surface area contributed by atoms with Crippen molar-refractivity contribution in [3.8, 4) is 0 Å². The lowest BCUT2D eigenvalue weighted by atomic mass is 10.1. The van der Waals surface area contributed by atoms with E-state index in [-0.39, 0.29) is 11.8 Å². The summed E-state index contributed by atoms with van der Waals surface area (Å²) in [5, 5.41) is 4.17. The molecule has 0 N–H and O–H groups in total. The molecule has 2 heterocycles. The van der Waals surface area contributed by atoms with E-state index in [1.807, 2.05) is 11.7 Å². The van der Waals surface area contributed by atoms with Crippen LogP contribution in [0.1, 0.15) is 19.2 Å². The third-order valence-electron chi connectivity index (χ3n) is 3.69. The van der Waals surface area contributed by atoms with Crippen LogP contribution in [-0.4, -0.2) is 70.1 Å². The zero-order valence-corrected chi connectivity index (χ0v) is 12.0. The lowest BCUT2D eigenvalue weighted by molar-refractivity contribution is -0.125. The molecule has 1 aromatic heterocycles. The van der Waals surface area contributed by atoms with Crippen molar-refractivity contribution in [1.82, 2.24) is 24.6 Å². The van der Waals surface area contributed by atoms with Crippen molar-refractivity contribution in [2.45, 2.75) is 32.4 Å². The zero-order valence-electron chi connectivity index (χ0n) is 12.0. The molecule has 0 saturated carbocycles. The maximum atomic E-state index is 12.4. The number of nitrogens with zero attached hydrogens (tertiary/aromatic N) is 5. The molecule has 106 valence electrons. The second-order valence-corrected chi connectivity index (χ2v) is 5.30. The molecule has 0 spiro atoms. The second-order valence-electron chi connectivity index (χ2n) is 5.30. The number of aryl methyl sites for hydroxylation is 1. The van der Waals surface area contributed by atoms with Crippen LogP contribution in [0.25, 0.3) is 0 Å². The highest BCUT2D eigenvalue weighted by atomic mass is 16.1. The maximum absolute atomic E-state index is 12.4. The minimum absolute atomic E-state index is 0.0227. The first-order valence-electron chi connectivity index (χ1n) is 6.90. The monoisotopic (exact) mass is 265 g/mol. The fraction of sp³-hybridized carbons (Fsp3) is 0.769. The van der Waals surface area contributed by atoms with Crippen molar-refractivity contribution in [2.24, 2.45) is 0 Å². The van der Waals surface area contributed by atoms with Gasteiger partial charge in [-0.3, -0.25) is 9.69 Å². The summed E-state index contributed by atoms with van der Waals surface area (Å²) in [5.41, 5.74) is 0. The molecule has 1 atom stereocenters. The molecule has 19 heavy (non-hydrogen) atoms. The molecular formula is C13H23N5O. The van der Waals surface area contributed by atoms with Gasteiger partial charge in [0.1, 0.15) is 12.2 Å². The lowest BCUT2D eigenvalue weighted by Crippen LogP contribution is -2.54. The van der Waals surface area contributed by atoms with Crippen molar-refractivity contribution >= 4 is 5.78 Å². The van der Waals surface area contributed by atoms with Crippen molar-refractivity contribution in [1.29, 1.82) is 0 Å². The van der Waals surface area contributed by atoms with Gasteiger partial charge in [-0.05, 0) is 20.5 Å². The van der Waals surface area contributed by atoms with E-state index < -0.39 is 0 Å². The van der Waals surface area contributed by atoms with Crippen LogP contribution in [0.5, 0.6) is 0 Å². The first kappa shape index (κ1) is 14.1. The van der Waals surface area contributed by atoms with Crippen LogP contribution < -0.4 is 0 Å². The smallest absolute Gasteiger partial charge is 0.158 e. The highest BCUT2D eigenvalue weighted by Crippen LogP contribution is 2.10. The summed E-state index contributed by atoms with van der Waals surface area (Å²) in [6, 6.07) is -0.0227. The Kier molecular flexibility index (Phi) is 4.66. The second kappa shape index (κ2) is 6.25. The van der Waals surface area contributed by atoms with Gasteiger partial charge in [-0.25, -0.2) is 9.67 Å². The topological polar surface area (TPSA) is 54.3 Å². The summed E-state index contributed by atoms with van der Waals surface area (Å²) in [5.74, 6) is 1.02. The molecular weight excluding hydrogens is 242 g/mol. The molecule has 6 nitrogen and oxygen atoms in total. The zero-order chi connectivity index (χ0) is 13.8. The molecule has 0 aliphatic carbocycles. The number of aromatic nitrogens is 3.